The predicted octanol–water partition coefficient (Wildman–Crippen LogP) is 3.92. The highest BCUT2D eigenvalue weighted by atomic mass is 16.1. The van der Waals surface area contributed by atoms with Crippen molar-refractivity contribution in [2.24, 2.45) is 0 Å². The Morgan fingerprint density at radius 3 is 2.36 bits per heavy atom. The standard InChI is InChI=1S/C21H35N3O/c1-5-7-14-23(6-2)20-10-8-18(9-11-20)21(25)22-19-12-15-24(16-13-19)17(3)4/h8-11,17,19H,5-7,12-16H2,1-4H3,(H,22,25). The van der Waals surface area contributed by atoms with Gasteiger partial charge in [-0.15, -0.1) is 0 Å². The second kappa shape index (κ2) is 9.81. The van der Waals surface area contributed by atoms with Crippen LogP contribution < -0.4 is 10.2 Å². The van der Waals surface area contributed by atoms with Crippen LogP contribution in [0.25, 0.3) is 0 Å². The summed E-state index contributed by atoms with van der Waals surface area (Å²) in [5, 5.41) is 3.21. The van der Waals surface area contributed by atoms with Crippen LogP contribution in [-0.2, 0) is 0 Å². The monoisotopic (exact) mass is 345 g/mol. The van der Waals surface area contributed by atoms with Gasteiger partial charge in [-0.1, -0.05) is 13.3 Å². The van der Waals surface area contributed by atoms with Crippen LogP contribution in [0.4, 0.5) is 5.69 Å². The fourth-order valence-corrected chi connectivity index (χ4v) is 3.47. The molecular weight excluding hydrogens is 310 g/mol. The van der Waals surface area contributed by atoms with Crippen LogP contribution in [0.15, 0.2) is 24.3 Å². The highest BCUT2D eigenvalue weighted by Crippen LogP contribution is 2.17. The van der Waals surface area contributed by atoms with E-state index in [0.717, 1.165) is 44.6 Å². The van der Waals surface area contributed by atoms with E-state index in [1.165, 1.54) is 18.5 Å². The minimum Gasteiger partial charge on any atom is -0.372 e. The van der Waals surface area contributed by atoms with Gasteiger partial charge < -0.3 is 15.1 Å². The SMILES string of the molecule is CCCCN(CC)c1ccc(C(=O)NC2CCN(C(C)C)CC2)cc1. The fourth-order valence-electron chi connectivity index (χ4n) is 3.47. The molecular formula is C21H35N3O. The molecule has 0 unspecified atom stereocenters. The van der Waals surface area contributed by atoms with E-state index in [0.29, 0.717) is 12.1 Å². The summed E-state index contributed by atoms with van der Waals surface area (Å²) < 4.78 is 0. The Morgan fingerprint density at radius 2 is 1.84 bits per heavy atom. The minimum absolute atomic E-state index is 0.0613. The molecule has 1 N–H and O–H groups in total. The maximum atomic E-state index is 12.5. The van der Waals surface area contributed by atoms with Gasteiger partial charge in [0.05, 0.1) is 0 Å². The smallest absolute Gasteiger partial charge is 0.251 e. The molecule has 4 heteroatoms. The van der Waals surface area contributed by atoms with Crippen molar-refractivity contribution < 1.29 is 4.79 Å². The number of piperidine rings is 1. The molecule has 0 aromatic heterocycles. The summed E-state index contributed by atoms with van der Waals surface area (Å²) in [5.41, 5.74) is 1.97. The number of unbranched alkanes of at least 4 members (excludes halogenated alkanes) is 1. The van der Waals surface area contributed by atoms with Crippen LogP contribution in [0.2, 0.25) is 0 Å². The van der Waals surface area contributed by atoms with E-state index < -0.39 is 0 Å². The summed E-state index contributed by atoms with van der Waals surface area (Å²) in [6.45, 7) is 13.1. The molecule has 0 atom stereocenters. The molecule has 0 bridgehead atoms. The van der Waals surface area contributed by atoms with Crippen molar-refractivity contribution >= 4 is 11.6 Å². The number of rotatable bonds is 8. The van der Waals surface area contributed by atoms with Gasteiger partial charge in [0.15, 0.2) is 0 Å². The Morgan fingerprint density at radius 1 is 1.20 bits per heavy atom. The number of anilines is 1. The number of carbonyl (C=O) groups is 1. The largest absolute Gasteiger partial charge is 0.372 e. The summed E-state index contributed by atoms with van der Waals surface area (Å²) in [6.07, 6.45) is 4.49. The average Bonchev–Trinajstić information content (AvgIpc) is 2.63. The zero-order chi connectivity index (χ0) is 18.2. The lowest BCUT2D eigenvalue weighted by molar-refractivity contribution is 0.0900. The maximum absolute atomic E-state index is 12.5. The molecule has 140 valence electrons. The predicted molar refractivity (Wildman–Crippen MR) is 106 cm³/mol. The maximum Gasteiger partial charge on any atom is 0.251 e. The summed E-state index contributed by atoms with van der Waals surface area (Å²) in [4.78, 5) is 17.4. The van der Waals surface area contributed by atoms with Crippen LogP contribution in [0, 0.1) is 0 Å². The van der Waals surface area contributed by atoms with Crippen LogP contribution in [0.3, 0.4) is 0 Å². The summed E-state index contributed by atoms with van der Waals surface area (Å²) in [5.74, 6) is 0.0613. The molecule has 2 rings (SSSR count). The second-order valence-corrected chi connectivity index (χ2v) is 7.36. The van der Waals surface area contributed by atoms with Crippen molar-refractivity contribution in [1.29, 1.82) is 0 Å². The van der Waals surface area contributed by atoms with Gasteiger partial charge in [0.1, 0.15) is 0 Å². The Bertz CT molecular complexity index is 518. The Labute approximate surface area is 153 Å². The molecule has 0 radical (unpaired) electrons. The molecule has 0 aliphatic carbocycles. The molecule has 1 aliphatic heterocycles. The van der Waals surface area contributed by atoms with E-state index in [2.05, 4.69) is 54.9 Å². The molecule has 0 spiro atoms. The Kier molecular flexibility index (Phi) is 7.76. The van der Waals surface area contributed by atoms with Crippen LogP contribution in [0.1, 0.15) is 63.7 Å². The third-order valence-corrected chi connectivity index (χ3v) is 5.25. The number of amides is 1. The molecule has 1 saturated heterocycles. The van der Waals surface area contributed by atoms with Gasteiger partial charge in [0.2, 0.25) is 0 Å². The number of nitrogens with zero attached hydrogens (tertiary/aromatic N) is 2. The van der Waals surface area contributed by atoms with Crippen LogP contribution >= 0.6 is 0 Å². The third kappa shape index (κ3) is 5.74. The molecule has 1 aromatic carbocycles. The van der Waals surface area contributed by atoms with Crippen molar-refractivity contribution in [2.75, 3.05) is 31.1 Å². The lowest BCUT2D eigenvalue weighted by atomic mass is 10.0. The number of likely N-dealkylation sites (tertiary alicyclic amines) is 1. The quantitative estimate of drug-likeness (QED) is 0.776. The van der Waals surface area contributed by atoms with Crippen molar-refractivity contribution in [3.63, 3.8) is 0 Å². The highest BCUT2D eigenvalue weighted by molar-refractivity contribution is 5.94. The summed E-state index contributed by atoms with van der Waals surface area (Å²) >= 11 is 0. The van der Waals surface area contributed by atoms with Crippen LogP contribution in [-0.4, -0.2) is 49.1 Å². The van der Waals surface area contributed by atoms with E-state index in [9.17, 15) is 4.79 Å². The van der Waals surface area contributed by atoms with Gasteiger partial charge >= 0.3 is 0 Å². The number of hydrogen-bond donors (Lipinski definition) is 1. The summed E-state index contributed by atoms with van der Waals surface area (Å²) in [7, 11) is 0. The molecule has 0 saturated carbocycles. The van der Waals surface area contributed by atoms with Crippen molar-refractivity contribution in [1.82, 2.24) is 10.2 Å². The molecule has 25 heavy (non-hydrogen) atoms. The first-order chi connectivity index (χ1) is 12.0. The zero-order valence-corrected chi connectivity index (χ0v) is 16.4. The average molecular weight is 346 g/mol. The lowest BCUT2D eigenvalue weighted by Crippen LogP contribution is -2.46. The molecule has 1 heterocycles. The molecule has 1 amide bonds. The van der Waals surface area contributed by atoms with E-state index >= 15 is 0 Å². The van der Waals surface area contributed by atoms with E-state index in [-0.39, 0.29) is 5.91 Å². The number of benzene rings is 1. The Balaban J connectivity index is 1.88. The van der Waals surface area contributed by atoms with Gasteiger partial charge in [-0.3, -0.25) is 4.79 Å². The lowest BCUT2D eigenvalue weighted by Gasteiger charge is -2.34. The number of hydrogen-bond acceptors (Lipinski definition) is 3. The molecule has 4 nitrogen and oxygen atoms in total. The summed E-state index contributed by atoms with van der Waals surface area (Å²) in [6, 6.07) is 8.98. The minimum atomic E-state index is 0.0613. The van der Waals surface area contributed by atoms with Crippen molar-refractivity contribution in [2.45, 2.75) is 65.5 Å². The topological polar surface area (TPSA) is 35.6 Å². The zero-order valence-electron chi connectivity index (χ0n) is 16.4. The van der Waals surface area contributed by atoms with Crippen molar-refractivity contribution in [3.05, 3.63) is 29.8 Å². The van der Waals surface area contributed by atoms with Gasteiger partial charge in [0, 0.05) is 49.5 Å². The van der Waals surface area contributed by atoms with Gasteiger partial charge in [0.25, 0.3) is 5.91 Å². The van der Waals surface area contributed by atoms with Crippen molar-refractivity contribution in [3.8, 4) is 0 Å². The van der Waals surface area contributed by atoms with Crippen LogP contribution in [0.5, 0.6) is 0 Å². The van der Waals surface area contributed by atoms with Gasteiger partial charge in [-0.2, -0.15) is 0 Å². The first kappa shape index (κ1) is 19.8. The molecule has 1 aromatic rings. The van der Waals surface area contributed by atoms with E-state index in [1.54, 1.807) is 0 Å². The highest BCUT2D eigenvalue weighted by Gasteiger charge is 2.22. The van der Waals surface area contributed by atoms with E-state index in [1.807, 2.05) is 12.1 Å². The first-order valence-corrected chi connectivity index (χ1v) is 9.95. The van der Waals surface area contributed by atoms with Gasteiger partial charge in [-0.05, 0) is 64.3 Å². The first-order valence-electron chi connectivity index (χ1n) is 9.95. The second-order valence-electron chi connectivity index (χ2n) is 7.36. The number of carbonyl (C=O) groups excluding carboxylic acids is 1. The Hall–Kier alpha value is -1.55. The fraction of sp³-hybridized carbons (Fsp3) is 0.667. The van der Waals surface area contributed by atoms with E-state index in [4.69, 9.17) is 0 Å². The normalized spacial score (nSPS) is 16.2. The number of nitrogens with one attached hydrogen (secondary N) is 1. The molecule has 1 fully saturated rings. The molecule has 1 aliphatic rings. The van der Waals surface area contributed by atoms with Gasteiger partial charge in [-0.25, -0.2) is 0 Å². The third-order valence-electron chi connectivity index (χ3n) is 5.25.